The normalized spacial score (nSPS) is 23.1. The number of hydrogen-bond donors (Lipinski definition) is 0. The first-order valence-electron chi connectivity index (χ1n) is 8.02. The number of hydrogen-bond acceptors (Lipinski definition) is 6. The third-order valence-electron chi connectivity index (χ3n) is 3.73. The standard InChI is InChI=1S/C18H26O6/c1-4-7-21-17(19)15-10-14(13-24-23-9-6-3)11-16(12-15)18(20)22-8-5-2/h4-6,14-16H,1-3,7-13H2. The van der Waals surface area contributed by atoms with Gasteiger partial charge in [-0.2, -0.15) is 0 Å². The van der Waals surface area contributed by atoms with Gasteiger partial charge in [-0.1, -0.05) is 31.4 Å². The molecule has 0 heterocycles. The van der Waals surface area contributed by atoms with Crippen LogP contribution in [0.5, 0.6) is 0 Å². The van der Waals surface area contributed by atoms with E-state index >= 15 is 0 Å². The van der Waals surface area contributed by atoms with Crippen LogP contribution in [-0.4, -0.2) is 38.4 Å². The summed E-state index contributed by atoms with van der Waals surface area (Å²) in [5.41, 5.74) is 0. The van der Waals surface area contributed by atoms with E-state index in [1.165, 1.54) is 12.2 Å². The zero-order chi connectivity index (χ0) is 17.8. The van der Waals surface area contributed by atoms with Crippen LogP contribution in [0.15, 0.2) is 38.0 Å². The molecule has 2 atom stereocenters. The Hall–Kier alpha value is -1.92. The fourth-order valence-electron chi connectivity index (χ4n) is 2.72. The monoisotopic (exact) mass is 338 g/mol. The second-order valence-electron chi connectivity index (χ2n) is 5.66. The molecule has 0 spiro atoms. The van der Waals surface area contributed by atoms with Crippen molar-refractivity contribution >= 4 is 11.9 Å². The molecule has 0 N–H and O–H groups in total. The van der Waals surface area contributed by atoms with Gasteiger partial charge in [0, 0.05) is 0 Å². The van der Waals surface area contributed by atoms with Crippen LogP contribution in [0.1, 0.15) is 19.3 Å². The first-order valence-corrected chi connectivity index (χ1v) is 8.02. The average molecular weight is 338 g/mol. The van der Waals surface area contributed by atoms with Crippen LogP contribution in [-0.2, 0) is 28.8 Å². The van der Waals surface area contributed by atoms with Gasteiger partial charge >= 0.3 is 11.9 Å². The topological polar surface area (TPSA) is 71.1 Å². The summed E-state index contributed by atoms with van der Waals surface area (Å²) >= 11 is 0. The van der Waals surface area contributed by atoms with Gasteiger partial charge in [0.2, 0.25) is 0 Å². The SMILES string of the molecule is C=CCOOCC1CC(C(=O)OCC=C)CC(C(=O)OCC=C)C1. The van der Waals surface area contributed by atoms with Crippen LogP contribution < -0.4 is 0 Å². The maximum atomic E-state index is 12.1. The predicted octanol–water partition coefficient (Wildman–Crippen LogP) is 2.61. The van der Waals surface area contributed by atoms with Gasteiger partial charge in [0.25, 0.3) is 0 Å². The van der Waals surface area contributed by atoms with E-state index in [2.05, 4.69) is 19.7 Å². The van der Waals surface area contributed by atoms with E-state index in [1.54, 1.807) is 6.08 Å². The quantitative estimate of drug-likeness (QED) is 0.190. The van der Waals surface area contributed by atoms with Crippen molar-refractivity contribution < 1.29 is 28.8 Å². The summed E-state index contributed by atoms with van der Waals surface area (Å²) in [4.78, 5) is 34.3. The maximum Gasteiger partial charge on any atom is 0.309 e. The lowest BCUT2D eigenvalue weighted by atomic mass is 9.75. The Kier molecular flexibility index (Phi) is 9.72. The summed E-state index contributed by atoms with van der Waals surface area (Å²) in [5, 5.41) is 0. The summed E-state index contributed by atoms with van der Waals surface area (Å²) in [5.74, 6) is -1.38. The van der Waals surface area contributed by atoms with E-state index in [0.717, 1.165) is 0 Å². The molecule has 0 radical (unpaired) electrons. The Morgan fingerprint density at radius 1 is 0.792 bits per heavy atom. The van der Waals surface area contributed by atoms with Crippen LogP contribution in [0.3, 0.4) is 0 Å². The lowest BCUT2D eigenvalue weighted by molar-refractivity contribution is -0.295. The van der Waals surface area contributed by atoms with E-state index < -0.39 is 0 Å². The van der Waals surface area contributed by atoms with Crippen molar-refractivity contribution in [1.82, 2.24) is 0 Å². The molecule has 1 aliphatic carbocycles. The Bertz CT molecular complexity index is 413. The molecule has 6 heteroatoms. The Morgan fingerprint density at radius 3 is 1.75 bits per heavy atom. The zero-order valence-electron chi connectivity index (χ0n) is 14.0. The highest BCUT2D eigenvalue weighted by Gasteiger charge is 2.37. The summed E-state index contributed by atoms with van der Waals surface area (Å²) in [6, 6.07) is 0. The summed E-state index contributed by atoms with van der Waals surface area (Å²) in [7, 11) is 0. The van der Waals surface area contributed by atoms with Crippen LogP contribution >= 0.6 is 0 Å². The van der Waals surface area contributed by atoms with Crippen LogP contribution in [0.4, 0.5) is 0 Å². The number of esters is 2. The molecular formula is C18H26O6. The minimum atomic E-state index is -0.368. The molecule has 0 saturated heterocycles. The zero-order valence-corrected chi connectivity index (χ0v) is 14.0. The van der Waals surface area contributed by atoms with Gasteiger partial charge in [0.05, 0.1) is 18.4 Å². The smallest absolute Gasteiger partial charge is 0.309 e. The first kappa shape index (κ1) is 20.1. The highest BCUT2D eigenvalue weighted by atomic mass is 17.2. The Morgan fingerprint density at radius 2 is 1.29 bits per heavy atom. The largest absolute Gasteiger partial charge is 0.461 e. The van der Waals surface area contributed by atoms with Crippen LogP contribution in [0.25, 0.3) is 0 Å². The molecule has 0 bridgehead atoms. The van der Waals surface area contributed by atoms with E-state index in [-0.39, 0.29) is 49.5 Å². The van der Waals surface area contributed by atoms with Gasteiger partial charge in [-0.05, 0) is 25.2 Å². The molecule has 134 valence electrons. The minimum Gasteiger partial charge on any atom is -0.461 e. The van der Waals surface area contributed by atoms with E-state index in [9.17, 15) is 9.59 Å². The average Bonchev–Trinajstić information content (AvgIpc) is 2.60. The summed E-state index contributed by atoms with van der Waals surface area (Å²) < 4.78 is 10.2. The fraction of sp³-hybridized carbons (Fsp3) is 0.556. The van der Waals surface area contributed by atoms with Gasteiger partial charge in [-0.15, -0.1) is 6.58 Å². The first-order chi connectivity index (χ1) is 11.6. The number of ether oxygens (including phenoxy) is 2. The molecule has 1 rings (SSSR count). The molecule has 0 aromatic rings. The second-order valence-corrected chi connectivity index (χ2v) is 5.66. The highest BCUT2D eigenvalue weighted by Crippen LogP contribution is 2.35. The predicted molar refractivity (Wildman–Crippen MR) is 88.7 cm³/mol. The second kappa shape index (κ2) is 11.6. The van der Waals surface area contributed by atoms with Gasteiger partial charge in [0.15, 0.2) is 0 Å². The number of carbonyl (C=O) groups excluding carboxylic acids is 2. The molecule has 2 unspecified atom stereocenters. The summed E-state index contributed by atoms with van der Waals surface area (Å²) in [6.07, 6.45) is 6.18. The Labute approximate surface area is 143 Å². The van der Waals surface area contributed by atoms with Crippen molar-refractivity contribution in [2.75, 3.05) is 26.4 Å². The van der Waals surface area contributed by atoms with Gasteiger partial charge in [-0.25, -0.2) is 9.78 Å². The van der Waals surface area contributed by atoms with Crippen molar-refractivity contribution in [2.45, 2.75) is 19.3 Å². The molecule has 0 aromatic heterocycles. The number of rotatable bonds is 11. The lowest BCUT2D eigenvalue weighted by Crippen LogP contribution is -2.35. The molecule has 6 nitrogen and oxygen atoms in total. The van der Waals surface area contributed by atoms with E-state index in [0.29, 0.717) is 25.9 Å². The third kappa shape index (κ3) is 7.10. The van der Waals surface area contributed by atoms with Gasteiger partial charge in [-0.3, -0.25) is 9.59 Å². The van der Waals surface area contributed by atoms with Crippen LogP contribution in [0, 0.1) is 17.8 Å². The molecule has 1 saturated carbocycles. The summed E-state index contributed by atoms with van der Waals surface area (Å²) in [6.45, 7) is 11.5. The number of carbonyl (C=O) groups is 2. The van der Waals surface area contributed by atoms with Crippen molar-refractivity contribution in [2.24, 2.45) is 17.8 Å². The van der Waals surface area contributed by atoms with Gasteiger partial charge < -0.3 is 9.47 Å². The molecular weight excluding hydrogens is 312 g/mol. The molecule has 0 aromatic carbocycles. The van der Waals surface area contributed by atoms with Crippen LogP contribution in [0.2, 0.25) is 0 Å². The van der Waals surface area contributed by atoms with Crippen molar-refractivity contribution in [1.29, 1.82) is 0 Å². The fourth-order valence-corrected chi connectivity index (χ4v) is 2.72. The van der Waals surface area contributed by atoms with E-state index in [4.69, 9.17) is 19.2 Å². The molecule has 24 heavy (non-hydrogen) atoms. The lowest BCUT2D eigenvalue weighted by Gasteiger charge is -2.32. The maximum absolute atomic E-state index is 12.1. The van der Waals surface area contributed by atoms with Crippen molar-refractivity contribution in [3.05, 3.63) is 38.0 Å². The molecule has 1 aliphatic rings. The van der Waals surface area contributed by atoms with E-state index in [1.807, 2.05) is 0 Å². The molecule has 0 amide bonds. The Balaban J connectivity index is 2.64. The van der Waals surface area contributed by atoms with Crippen molar-refractivity contribution in [3.8, 4) is 0 Å². The van der Waals surface area contributed by atoms with Crippen molar-refractivity contribution in [3.63, 3.8) is 0 Å². The molecule has 1 fully saturated rings. The minimum absolute atomic E-state index is 0.00567. The van der Waals surface area contributed by atoms with Gasteiger partial charge in [0.1, 0.15) is 19.8 Å². The highest BCUT2D eigenvalue weighted by molar-refractivity contribution is 5.76. The third-order valence-corrected chi connectivity index (χ3v) is 3.73. The molecule has 0 aliphatic heterocycles.